The van der Waals surface area contributed by atoms with E-state index in [1.807, 2.05) is 20.8 Å². The lowest BCUT2D eigenvalue weighted by Gasteiger charge is -2.12. The van der Waals surface area contributed by atoms with E-state index in [2.05, 4.69) is 15.5 Å². The number of hydrogen-bond acceptors (Lipinski definition) is 5. The molecule has 0 aliphatic rings. The number of nitrogens with zero attached hydrogens (tertiary/aromatic N) is 2. The highest BCUT2D eigenvalue weighted by Gasteiger charge is 2.19. The van der Waals surface area contributed by atoms with E-state index in [-0.39, 0.29) is 30.3 Å². The maximum absolute atomic E-state index is 10.9. The topological polar surface area (TPSA) is 80.9 Å². The Morgan fingerprint density at radius 3 is 2.47 bits per heavy atom. The van der Waals surface area contributed by atoms with Gasteiger partial charge in [-0.1, -0.05) is 32.1 Å². The first-order valence-electron chi connectivity index (χ1n) is 4.27. The molecular weight excluding hydrogens is 236 g/mol. The van der Waals surface area contributed by atoms with E-state index in [0.29, 0.717) is 5.13 Å². The van der Waals surface area contributed by atoms with Gasteiger partial charge in [-0.05, 0) is 0 Å². The second kappa shape index (κ2) is 5.39. The van der Waals surface area contributed by atoms with Gasteiger partial charge in [-0.2, -0.15) is 0 Å². The molecule has 0 saturated carbocycles. The molecule has 1 aromatic heterocycles. The van der Waals surface area contributed by atoms with Crippen molar-refractivity contribution < 1.29 is 4.79 Å². The van der Waals surface area contributed by atoms with Crippen molar-refractivity contribution >= 4 is 34.8 Å². The highest BCUT2D eigenvalue weighted by molar-refractivity contribution is 7.15. The summed E-state index contributed by atoms with van der Waals surface area (Å²) in [7, 11) is 0. The van der Waals surface area contributed by atoms with Crippen LogP contribution >= 0.6 is 23.7 Å². The number of anilines is 1. The maximum atomic E-state index is 10.9. The predicted molar refractivity (Wildman–Crippen MR) is 63.5 cm³/mol. The van der Waals surface area contributed by atoms with E-state index in [4.69, 9.17) is 5.73 Å². The predicted octanol–water partition coefficient (Wildman–Crippen LogP) is 1.15. The van der Waals surface area contributed by atoms with Crippen LogP contribution in [0.5, 0.6) is 0 Å². The van der Waals surface area contributed by atoms with E-state index in [1.165, 1.54) is 11.3 Å². The van der Waals surface area contributed by atoms with Crippen LogP contribution in [0.3, 0.4) is 0 Å². The largest absolute Gasteiger partial charge is 0.322 e. The Bertz CT molecular complexity index is 334. The zero-order valence-corrected chi connectivity index (χ0v) is 10.5. The van der Waals surface area contributed by atoms with Gasteiger partial charge < -0.3 is 5.73 Å². The molecule has 5 nitrogen and oxygen atoms in total. The Labute approximate surface area is 98.9 Å². The van der Waals surface area contributed by atoms with Gasteiger partial charge in [0.25, 0.3) is 0 Å². The quantitative estimate of drug-likeness (QED) is 0.825. The van der Waals surface area contributed by atoms with Crippen LogP contribution in [0.2, 0.25) is 0 Å². The third kappa shape index (κ3) is 4.11. The van der Waals surface area contributed by atoms with Crippen molar-refractivity contribution in [1.82, 2.24) is 10.2 Å². The standard InChI is InChI=1S/C8H14N4OS.ClH/c1-8(2,3)6-11-12-7(14-6)10-5(13)4-9;/h4,9H2,1-3H3,(H,10,12,13);1H. The van der Waals surface area contributed by atoms with Crippen molar-refractivity contribution in [2.24, 2.45) is 5.73 Å². The fourth-order valence-corrected chi connectivity index (χ4v) is 1.56. The summed E-state index contributed by atoms with van der Waals surface area (Å²) in [5, 5.41) is 11.8. The first-order valence-corrected chi connectivity index (χ1v) is 5.09. The lowest BCUT2D eigenvalue weighted by Crippen LogP contribution is -2.21. The number of rotatable bonds is 2. The highest BCUT2D eigenvalue weighted by atomic mass is 35.5. The number of hydrogen-bond donors (Lipinski definition) is 2. The normalized spacial score (nSPS) is 10.7. The Balaban J connectivity index is 0.00000196. The average Bonchev–Trinajstić information content (AvgIpc) is 2.51. The minimum absolute atomic E-state index is 0. The molecule has 0 radical (unpaired) electrons. The second-order valence-electron chi connectivity index (χ2n) is 3.91. The number of aromatic nitrogens is 2. The molecule has 15 heavy (non-hydrogen) atoms. The Morgan fingerprint density at radius 2 is 2.07 bits per heavy atom. The average molecular weight is 251 g/mol. The molecule has 0 aromatic carbocycles. The van der Waals surface area contributed by atoms with Gasteiger partial charge in [0, 0.05) is 5.41 Å². The first-order chi connectivity index (χ1) is 6.43. The summed E-state index contributed by atoms with van der Waals surface area (Å²) in [6, 6.07) is 0. The number of nitrogens with one attached hydrogen (secondary N) is 1. The smallest absolute Gasteiger partial charge is 0.239 e. The SMILES string of the molecule is CC(C)(C)c1nnc(NC(=O)CN)s1.Cl. The zero-order valence-electron chi connectivity index (χ0n) is 8.90. The summed E-state index contributed by atoms with van der Waals surface area (Å²) in [4.78, 5) is 10.9. The van der Waals surface area contributed by atoms with Crippen LogP contribution in [0.4, 0.5) is 5.13 Å². The first kappa shape index (κ1) is 14.3. The van der Waals surface area contributed by atoms with Crippen LogP contribution in [-0.4, -0.2) is 22.6 Å². The Morgan fingerprint density at radius 1 is 1.47 bits per heavy atom. The van der Waals surface area contributed by atoms with Crippen molar-refractivity contribution in [2.75, 3.05) is 11.9 Å². The number of nitrogens with two attached hydrogens (primary N) is 1. The van der Waals surface area contributed by atoms with Crippen LogP contribution in [0, 0.1) is 0 Å². The molecule has 1 amide bonds. The van der Waals surface area contributed by atoms with Crippen LogP contribution in [0.1, 0.15) is 25.8 Å². The van der Waals surface area contributed by atoms with Gasteiger partial charge >= 0.3 is 0 Å². The van der Waals surface area contributed by atoms with Gasteiger partial charge in [-0.25, -0.2) is 0 Å². The van der Waals surface area contributed by atoms with Crippen molar-refractivity contribution in [3.8, 4) is 0 Å². The highest BCUT2D eigenvalue weighted by Crippen LogP contribution is 2.27. The lowest BCUT2D eigenvalue weighted by atomic mass is 9.98. The van der Waals surface area contributed by atoms with E-state index >= 15 is 0 Å². The summed E-state index contributed by atoms with van der Waals surface area (Å²) in [5.41, 5.74) is 5.12. The summed E-state index contributed by atoms with van der Waals surface area (Å²) in [6.07, 6.45) is 0. The van der Waals surface area contributed by atoms with Gasteiger partial charge in [-0.3, -0.25) is 10.1 Å². The van der Waals surface area contributed by atoms with Crippen LogP contribution in [0.25, 0.3) is 0 Å². The van der Waals surface area contributed by atoms with Crippen molar-refractivity contribution in [1.29, 1.82) is 0 Å². The van der Waals surface area contributed by atoms with Crippen LogP contribution < -0.4 is 11.1 Å². The van der Waals surface area contributed by atoms with Gasteiger partial charge in [0.2, 0.25) is 11.0 Å². The molecule has 86 valence electrons. The fraction of sp³-hybridized carbons (Fsp3) is 0.625. The zero-order chi connectivity index (χ0) is 10.8. The van der Waals surface area contributed by atoms with Gasteiger partial charge in [0.15, 0.2) is 0 Å². The van der Waals surface area contributed by atoms with Crippen molar-refractivity contribution in [2.45, 2.75) is 26.2 Å². The minimum atomic E-state index is -0.249. The van der Waals surface area contributed by atoms with Gasteiger partial charge in [0.1, 0.15) is 5.01 Å². The molecule has 7 heteroatoms. The molecule has 0 aliphatic carbocycles. The Kier molecular flexibility index (Phi) is 5.13. The molecular formula is C8H15ClN4OS. The van der Waals surface area contributed by atoms with Gasteiger partial charge in [-0.15, -0.1) is 22.6 Å². The van der Waals surface area contributed by atoms with Crippen LogP contribution in [-0.2, 0) is 10.2 Å². The molecule has 3 N–H and O–H groups in total. The van der Waals surface area contributed by atoms with Crippen molar-refractivity contribution in [3.63, 3.8) is 0 Å². The summed E-state index contributed by atoms with van der Waals surface area (Å²) >= 11 is 1.37. The molecule has 0 aliphatic heterocycles. The van der Waals surface area contributed by atoms with E-state index < -0.39 is 0 Å². The van der Waals surface area contributed by atoms with E-state index in [0.717, 1.165) is 5.01 Å². The third-order valence-electron chi connectivity index (χ3n) is 1.50. The molecule has 1 rings (SSSR count). The third-order valence-corrected chi connectivity index (χ3v) is 2.76. The molecule has 0 bridgehead atoms. The van der Waals surface area contributed by atoms with Crippen LogP contribution in [0.15, 0.2) is 0 Å². The Hall–Kier alpha value is -0.720. The minimum Gasteiger partial charge on any atom is -0.322 e. The van der Waals surface area contributed by atoms with E-state index in [1.54, 1.807) is 0 Å². The number of amides is 1. The van der Waals surface area contributed by atoms with E-state index in [9.17, 15) is 4.79 Å². The number of carbonyl (C=O) groups is 1. The number of carbonyl (C=O) groups excluding carboxylic acids is 1. The molecule has 0 atom stereocenters. The maximum Gasteiger partial charge on any atom is 0.239 e. The lowest BCUT2D eigenvalue weighted by molar-refractivity contribution is -0.114. The fourth-order valence-electron chi connectivity index (χ4n) is 0.747. The molecule has 0 unspecified atom stereocenters. The second-order valence-corrected chi connectivity index (χ2v) is 4.89. The molecule has 0 fully saturated rings. The van der Waals surface area contributed by atoms with Crippen molar-refractivity contribution in [3.05, 3.63) is 5.01 Å². The molecule has 1 aromatic rings. The monoisotopic (exact) mass is 250 g/mol. The molecule has 1 heterocycles. The summed E-state index contributed by atoms with van der Waals surface area (Å²) in [6.45, 7) is 6.09. The van der Waals surface area contributed by atoms with Gasteiger partial charge in [0.05, 0.1) is 6.54 Å². The molecule has 0 saturated heterocycles. The molecule has 0 spiro atoms. The number of halogens is 1. The summed E-state index contributed by atoms with van der Waals surface area (Å²) in [5.74, 6) is -0.249. The summed E-state index contributed by atoms with van der Waals surface area (Å²) < 4.78 is 0.